The number of likely N-dealkylation sites (N-methyl/N-ethyl adjacent to an activating group) is 1. The largest absolute Gasteiger partial charge is 0.340 e. The number of benzene rings is 1. The first-order valence-electron chi connectivity index (χ1n) is 6.82. The van der Waals surface area contributed by atoms with Gasteiger partial charge in [0.2, 0.25) is 5.91 Å². The fourth-order valence-corrected chi connectivity index (χ4v) is 2.88. The van der Waals surface area contributed by atoms with Crippen molar-refractivity contribution in [3.05, 3.63) is 33.8 Å². The molecule has 1 amide bonds. The van der Waals surface area contributed by atoms with Gasteiger partial charge < -0.3 is 10.2 Å². The van der Waals surface area contributed by atoms with Crippen molar-refractivity contribution in [1.82, 2.24) is 10.2 Å². The third-order valence-electron chi connectivity index (χ3n) is 3.82. The van der Waals surface area contributed by atoms with Gasteiger partial charge in [-0.05, 0) is 25.0 Å². The lowest BCUT2D eigenvalue weighted by molar-refractivity contribution is -0.132. The molecule has 1 aromatic rings. The predicted molar refractivity (Wildman–Crippen MR) is 83.5 cm³/mol. The Morgan fingerprint density at radius 3 is 2.71 bits per heavy atom. The highest BCUT2D eigenvalue weighted by atomic mass is 35.5. The number of nitrogens with zero attached hydrogens (tertiary/aromatic N) is 1. The Kier molecular flexibility index (Phi) is 5.25. The van der Waals surface area contributed by atoms with Crippen LogP contribution in [0.3, 0.4) is 0 Å². The third kappa shape index (κ3) is 3.76. The van der Waals surface area contributed by atoms with Crippen LogP contribution in [0.4, 0.5) is 0 Å². The molecule has 6 heteroatoms. The number of rotatable bonds is 4. The summed E-state index contributed by atoms with van der Waals surface area (Å²) in [6.45, 7) is 2.52. The van der Waals surface area contributed by atoms with Crippen LogP contribution < -0.4 is 5.32 Å². The highest BCUT2D eigenvalue weighted by Crippen LogP contribution is 2.26. The zero-order valence-electron chi connectivity index (χ0n) is 12.0. The molecule has 21 heavy (non-hydrogen) atoms. The van der Waals surface area contributed by atoms with Gasteiger partial charge in [-0.1, -0.05) is 35.3 Å². The van der Waals surface area contributed by atoms with Crippen molar-refractivity contribution in [1.29, 1.82) is 0 Å². The van der Waals surface area contributed by atoms with Crippen LogP contribution in [-0.2, 0) is 16.1 Å². The van der Waals surface area contributed by atoms with E-state index in [0.29, 0.717) is 29.6 Å². The van der Waals surface area contributed by atoms with E-state index in [-0.39, 0.29) is 23.7 Å². The van der Waals surface area contributed by atoms with Crippen LogP contribution >= 0.6 is 23.2 Å². The summed E-state index contributed by atoms with van der Waals surface area (Å²) < 4.78 is 0. The van der Waals surface area contributed by atoms with E-state index in [1.54, 1.807) is 24.9 Å². The molecule has 114 valence electrons. The summed E-state index contributed by atoms with van der Waals surface area (Å²) in [5.41, 5.74) is 0.807. The molecule has 0 bridgehead atoms. The first kappa shape index (κ1) is 16.3. The summed E-state index contributed by atoms with van der Waals surface area (Å²) in [4.78, 5) is 25.4. The first-order chi connectivity index (χ1) is 9.90. The summed E-state index contributed by atoms with van der Waals surface area (Å²) in [6, 6.07) is 5.06. The summed E-state index contributed by atoms with van der Waals surface area (Å²) >= 11 is 12.1. The molecule has 2 atom stereocenters. The average molecular weight is 329 g/mol. The maximum atomic E-state index is 12.4. The molecular weight excluding hydrogens is 311 g/mol. The van der Waals surface area contributed by atoms with E-state index in [2.05, 4.69) is 5.32 Å². The van der Waals surface area contributed by atoms with Crippen molar-refractivity contribution in [2.45, 2.75) is 25.9 Å². The number of hydrogen-bond donors (Lipinski definition) is 1. The van der Waals surface area contributed by atoms with E-state index in [0.717, 1.165) is 5.56 Å². The SMILES string of the molecule is CC(=O)C1CNC(C(=O)N(C)Cc2cccc(Cl)c2Cl)C1. The van der Waals surface area contributed by atoms with Gasteiger partial charge in [-0.3, -0.25) is 9.59 Å². The van der Waals surface area contributed by atoms with Crippen molar-refractivity contribution in [3.8, 4) is 0 Å². The maximum Gasteiger partial charge on any atom is 0.239 e. The molecule has 1 aliphatic rings. The second kappa shape index (κ2) is 6.77. The number of carbonyl (C=O) groups is 2. The standard InChI is InChI=1S/C15H18Cl2N2O2/c1-9(20)11-6-13(18-7-11)15(21)19(2)8-10-4-3-5-12(16)14(10)17/h3-5,11,13,18H,6-8H2,1-2H3. The van der Waals surface area contributed by atoms with E-state index < -0.39 is 0 Å². The summed E-state index contributed by atoms with van der Waals surface area (Å²) in [5, 5.41) is 4.06. The van der Waals surface area contributed by atoms with Crippen LogP contribution in [0.25, 0.3) is 0 Å². The topological polar surface area (TPSA) is 49.4 Å². The second-order valence-electron chi connectivity index (χ2n) is 5.41. The lowest BCUT2D eigenvalue weighted by Crippen LogP contribution is -2.41. The van der Waals surface area contributed by atoms with Crippen molar-refractivity contribution in [2.24, 2.45) is 5.92 Å². The van der Waals surface area contributed by atoms with Crippen LogP contribution in [0.5, 0.6) is 0 Å². The van der Waals surface area contributed by atoms with E-state index in [1.165, 1.54) is 0 Å². The van der Waals surface area contributed by atoms with E-state index in [1.807, 2.05) is 12.1 Å². The molecule has 2 rings (SSSR count). The Balaban J connectivity index is 2.00. The molecule has 4 nitrogen and oxygen atoms in total. The fourth-order valence-electron chi connectivity index (χ4n) is 2.50. The summed E-state index contributed by atoms with van der Waals surface area (Å²) in [6.07, 6.45) is 0.557. The van der Waals surface area contributed by atoms with Gasteiger partial charge in [-0.15, -0.1) is 0 Å². The Labute approximate surface area is 134 Å². The van der Waals surface area contributed by atoms with E-state index in [9.17, 15) is 9.59 Å². The number of nitrogens with one attached hydrogen (secondary N) is 1. The summed E-state index contributed by atoms with van der Waals surface area (Å²) in [5.74, 6) is 0.0234. The van der Waals surface area contributed by atoms with E-state index in [4.69, 9.17) is 23.2 Å². The van der Waals surface area contributed by atoms with Crippen LogP contribution in [0.15, 0.2) is 18.2 Å². The van der Waals surface area contributed by atoms with Gasteiger partial charge in [0.15, 0.2) is 0 Å². The Bertz CT molecular complexity index is 563. The average Bonchev–Trinajstić information content (AvgIpc) is 2.93. The van der Waals surface area contributed by atoms with E-state index >= 15 is 0 Å². The Morgan fingerprint density at radius 2 is 2.10 bits per heavy atom. The Morgan fingerprint density at radius 1 is 1.38 bits per heavy atom. The van der Waals surface area contributed by atoms with Crippen LogP contribution in [-0.4, -0.2) is 36.2 Å². The van der Waals surface area contributed by atoms with Gasteiger partial charge in [0.05, 0.1) is 16.1 Å². The molecule has 1 aliphatic heterocycles. The van der Waals surface area contributed by atoms with Crippen molar-refractivity contribution in [2.75, 3.05) is 13.6 Å². The lowest BCUT2D eigenvalue weighted by atomic mass is 10.0. The molecule has 2 unspecified atom stereocenters. The smallest absolute Gasteiger partial charge is 0.239 e. The number of halogens is 2. The molecule has 0 aliphatic carbocycles. The molecule has 0 saturated carbocycles. The van der Waals surface area contributed by atoms with Crippen LogP contribution in [0, 0.1) is 5.92 Å². The molecule has 1 N–H and O–H groups in total. The maximum absolute atomic E-state index is 12.4. The first-order valence-corrected chi connectivity index (χ1v) is 7.57. The van der Waals surface area contributed by atoms with Gasteiger partial charge in [0.25, 0.3) is 0 Å². The van der Waals surface area contributed by atoms with Gasteiger partial charge in [-0.2, -0.15) is 0 Å². The van der Waals surface area contributed by atoms with Crippen molar-refractivity contribution < 1.29 is 9.59 Å². The predicted octanol–water partition coefficient (Wildman–Crippen LogP) is 2.52. The van der Waals surface area contributed by atoms with Gasteiger partial charge >= 0.3 is 0 Å². The Hall–Kier alpha value is -1.10. The zero-order valence-corrected chi connectivity index (χ0v) is 13.5. The monoisotopic (exact) mass is 328 g/mol. The highest BCUT2D eigenvalue weighted by molar-refractivity contribution is 6.42. The van der Waals surface area contributed by atoms with Crippen LogP contribution in [0.2, 0.25) is 10.0 Å². The molecule has 0 radical (unpaired) electrons. The molecule has 0 aromatic heterocycles. The molecule has 1 saturated heterocycles. The number of ketones is 1. The normalized spacial score (nSPS) is 21.3. The van der Waals surface area contributed by atoms with Gasteiger partial charge in [0.1, 0.15) is 5.78 Å². The number of hydrogen-bond acceptors (Lipinski definition) is 3. The van der Waals surface area contributed by atoms with Crippen molar-refractivity contribution >= 4 is 34.9 Å². The van der Waals surface area contributed by atoms with Gasteiger partial charge in [0, 0.05) is 26.1 Å². The molecule has 1 heterocycles. The second-order valence-corrected chi connectivity index (χ2v) is 6.20. The number of Topliss-reactive ketones (excluding diaryl/α,β-unsaturated/α-hetero) is 1. The van der Waals surface area contributed by atoms with Crippen molar-refractivity contribution in [3.63, 3.8) is 0 Å². The molecule has 0 spiro atoms. The fraction of sp³-hybridized carbons (Fsp3) is 0.467. The minimum Gasteiger partial charge on any atom is -0.340 e. The molecule has 1 fully saturated rings. The highest BCUT2D eigenvalue weighted by Gasteiger charge is 2.33. The minimum absolute atomic E-state index is 0.0326. The molecular formula is C15H18Cl2N2O2. The summed E-state index contributed by atoms with van der Waals surface area (Å²) in [7, 11) is 1.72. The molecule has 1 aromatic carbocycles. The number of carbonyl (C=O) groups excluding carboxylic acids is 2. The zero-order chi connectivity index (χ0) is 15.6. The number of amides is 1. The minimum atomic E-state index is -0.304. The van der Waals surface area contributed by atoms with Gasteiger partial charge in [-0.25, -0.2) is 0 Å². The lowest BCUT2D eigenvalue weighted by Gasteiger charge is -2.22. The van der Waals surface area contributed by atoms with Crippen LogP contribution in [0.1, 0.15) is 18.9 Å². The third-order valence-corrected chi connectivity index (χ3v) is 4.68. The quantitative estimate of drug-likeness (QED) is 0.923.